The summed E-state index contributed by atoms with van der Waals surface area (Å²) in [6.45, 7) is 0. The fraction of sp³-hybridized carbons (Fsp3) is 0.0435. The zero-order valence-electron chi connectivity index (χ0n) is 26.5. The molecule has 0 atom stereocenters. The number of nitrogens with zero attached hydrogens (tertiary/aromatic N) is 2. The Morgan fingerprint density at radius 1 is 0.438 bits per heavy atom. The Balaban J connectivity index is 1.29. The quantitative estimate of drug-likeness (QED) is 0.187. The fourth-order valence-corrected chi connectivity index (χ4v) is 8.01. The van der Waals surface area contributed by atoms with Crippen LogP contribution in [-0.2, 0) is 6.42 Å². The molecule has 1 aliphatic carbocycles. The standard InChI is InChI=1S/C46H32N2/c1-3-13-31(14-4-1)32-23-25-35(26-24-32)47-43-22-12-10-20-40(43)45-44(47)28-27-39-38-19-9-11-21-42(38)48(46(39)45)36-29-34-17-7-8-18-37(34)41(30-36)33-15-5-2-6-16-33/h1-6,8-16,18-30H,7,17H2. The van der Waals surface area contributed by atoms with Gasteiger partial charge in [0.05, 0.1) is 22.1 Å². The number of benzene rings is 7. The molecule has 48 heavy (non-hydrogen) atoms. The summed E-state index contributed by atoms with van der Waals surface area (Å²) in [7, 11) is 0. The lowest BCUT2D eigenvalue weighted by Crippen LogP contribution is -2.02. The van der Waals surface area contributed by atoms with Crippen molar-refractivity contribution in [3.8, 4) is 33.6 Å². The number of rotatable bonds is 4. The summed E-state index contributed by atoms with van der Waals surface area (Å²) in [6.07, 6.45) is 6.76. The molecule has 2 heteroatoms. The van der Waals surface area contributed by atoms with E-state index in [-0.39, 0.29) is 0 Å². The van der Waals surface area contributed by atoms with E-state index in [0.29, 0.717) is 0 Å². The second kappa shape index (κ2) is 10.7. The molecule has 9 aromatic rings. The zero-order chi connectivity index (χ0) is 31.6. The van der Waals surface area contributed by atoms with Crippen molar-refractivity contribution < 1.29 is 0 Å². The van der Waals surface area contributed by atoms with Crippen LogP contribution in [0.2, 0.25) is 0 Å². The van der Waals surface area contributed by atoms with E-state index in [1.54, 1.807) is 0 Å². The molecule has 10 rings (SSSR count). The van der Waals surface area contributed by atoms with Crippen molar-refractivity contribution in [3.63, 3.8) is 0 Å². The van der Waals surface area contributed by atoms with Crippen LogP contribution in [0.1, 0.15) is 17.5 Å². The molecule has 0 N–H and O–H groups in total. The van der Waals surface area contributed by atoms with Crippen LogP contribution < -0.4 is 0 Å². The molecular formula is C46H32N2. The number of hydrogen-bond donors (Lipinski definition) is 0. The highest BCUT2D eigenvalue weighted by Gasteiger charge is 2.22. The van der Waals surface area contributed by atoms with E-state index >= 15 is 0 Å². The van der Waals surface area contributed by atoms with Crippen LogP contribution in [0.15, 0.2) is 164 Å². The van der Waals surface area contributed by atoms with E-state index < -0.39 is 0 Å². The Labute approximate surface area is 279 Å². The van der Waals surface area contributed by atoms with Crippen LogP contribution in [-0.4, -0.2) is 9.13 Å². The van der Waals surface area contributed by atoms with Crippen molar-refractivity contribution in [3.05, 3.63) is 175 Å². The highest BCUT2D eigenvalue weighted by atomic mass is 15.0. The first-order valence-corrected chi connectivity index (χ1v) is 16.8. The summed E-state index contributed by atoms with van der Waals surface area (Å²) in [5.41, 5.74) is 15.0. The molecule has 0 bridgehead atoms. The van der Waals surface area contributed by atoms with Crippen molar-refractivity contribution in [1.29, 1.82) is 0 Å². The molecule has 0 aliphatic heterocycles. The van der Waals surface area contributed by atoms with Crippen molar-refractivity contribution in [2.45, 2.75) is 12.8 Å². The Morgan fingerprint density at radius 2 is 1.08 bits per heavy atom. The van der Waals surface area contributed by atoms with E-state index in [1.165, 1.54) is 82.7 Å². The average Bonchev–Trinajstić information content (AvgIpc) is 3.68. The lowest BCUT2D eigenvalue weighted by molar-refractivity contribution is 0.980. The number of aromatic nitrogens is 2. The lowest BCUT2D eigenvalue weighted by Gasteiger charge is -2.19. The van der Waals surface area contributed by atoms with E-state index in [9.17, 15) is 0 Å². The van der Waals surface area contributed by atoms with Crippen LogP contribution >= 0.6 is 0 Å². The zero-order valence-corrected chi connectivity index (χ0v) is 26.5. The average molecular weight is 613 g/mol. The van der Waals surface area contributed by atoms with Crippen LogP contribution in [0.25, 0.3) is 83.3 Å². The summed E-state index contributed by atoms with van der Waals surface area (Å²) in [4.78, 5) is 0. The Hall–Kier alpha value is -6.12. The molecule has 226 valence electrons. The molecule has 7 aromatic carbocycles. The van der Waals surface area contributed by atoms with Crippen LogP contribution in [0, 0.1) is 0 Å². The smallest absolute Gasteiger partial charge is 0.0641 e. The van der Waals surface area contributed by atoms with E-state index in [4.69, 9.17) is 0 Å². The van der Waals surface area contributed by atoms with Gasteiger partial charge in [0.15, 0.2) is 0 Å². The van der Waals surface area contributed by atoms with Crippen molar-refractivity contribution in [2.75, 3.05) is 0 Å². The number of aryl methyl sites for hydroxylation is 1. The third-order valence-electron chi connectivity index (χ3n) is 10.2. The van der Waals surface area contributed by atoms with Crippen molar-refractivity contribution in [2.24, 2.45) is 0 Å². The number of para-hydroxylation sites is 2. The van der Waals surface area contributed by atoms with Gasteiger partial charge in [-0.1, -0.05) is 127 Å². The molecule has 0 spiro atoms. The summed E-state index contributed by atoms with van der Waals surface area (Å²) < 4.78 is 4.97. The Morgan fingerprint density at radius 3 is 1.85 bits per heavy atom. The maximum absolute atomic E-state index is 2.54. The highest BCUT2D eigenvalue weighted by Crippen LogP contribution is 2.43. The van der Waals surface area contributed by atoms with Gasteiger partial charge in [-0.15, -0.1) is 0 Å². The minimum atomic E-state index is 1.05. The van der Waals surface area contributed by atoms with Crippen molar-refractivity contribution in [1.82, 2.24) is 9.13 Å². The second-order valence-corrected chi connectivity index (χ2v) is 12.8. The first-order valence-electron chi connectivity index (χ1n) is 16.8. The topological polar surface area (TPSA) is 9.86 Å². The minimum absolute atomic E-state index is 1.05. The first kappa shape index (κ1) is 27.0. The van der Waals surface area contributed by atoms with Crippen molar-refractivity contribution >= 4 is 49.7 Å². The van der Waals surface area contributed by atoms with Gasteiger partial charge < -0.3 is 9.13 Å². The van der Waals surface area contributed by atoms with Crippen LogP contribution in [0.4, 0.5) is 0 Å². The van der Waals surface area contributed by atoms with E-state index in [0.717, 1.165) is 18.5 Å². The third-order valence-corrected chi connectivity index (χ3v) is 10.2. The van der Waals surface area contributed by atoms with E-state index in [1.807, 2.05) is 0 Å². The number of allylic oxidation sites excluding steroid dienone is 1. The Bertz CT molecular complexity index is 2690. The summed E-state index contributed by atoms with van der Waals surface area (Å²) in [5.74, 6) is 0. The monoisotopic (exact) mass is 612 g/mol. The van der Waals surface area contributed by atoms with Gasteiger partial charge in [0.2, 0.25) is 0 Å². The molecule has 0 radical (unpaired) electrons. The van der Waals surface area contributed by atoms with E-state index in [2.05, 4.69) is 179 Å². The number of fused-ring (bicyclic) bond motifs is 8. The van der Waals surface area contributed by atoms with Gasteiger partial charge in [0.25, 0.3) is 0 Å². The third kappa shape index (κ3) is 4.06. The van der Waals surface area contributed by atoms with Gasteiger partial charge in [-0.25, -0.2) is 0 Å². The molecule has 0 amide bonds. The molecule has 0 saturated carbocycles. The fourth-order valence-electron chi connectivity index (χ4n) is 8.01. The molecule has 2 nitrogen and oxygen atoms in total. The maximum Gasteiger partial charge on any atom is 0.0641 e. The highest BCUT2D eigenvalue weighted by molar-refractivity contribution is 6.26. The minimum Gasteiger partial charge on any atom is -0.309 e. The van der Waals surface area contributed by atoms with Crippen LogP contribution in [0.3, 0.4) is 0 Å². The molecule has 0 unspecified atom stereocenters. The molecule has 1 aliphatic rings. The molecule has 2 heterocycles. The molecule has 0 saturated heterocycles. The lowest BCUT2D eigenvalue weighted by atomic mass is 9.89. The summed E-state index contributed by atoms with van der Waals surface area (Å²) >= 11 is 0. The summed E-state index contributed by atoms with van der Waals surface area (Å²) in [5, 5.41) is 5.10. The largest absolute Gasteiger partial charge is 0.309 e. The first-order chi connectivity index (χ1) is 23.8. The predicted octanol–water partition coefficient (Wildman–Crippen LogP) is 12.2. The van der Waals surface area contributed by atoms with Crippen LogP contribution in [0.5, 0.6) is 0 Å². The summed E-state index contributed by atoms with van der Waals surface area (Å²) in [6, 6.07) is 57.8. The Kier molecular flexibility index (Phi) is 6.04. The van der Waals surface area contributed by atoms with Gasteiger partial charge in [-0.2, -0.15) is 0 Å². The van der Waals surface area contributed by atoms with Gasteiger partial charge in [-0.3, -0.25) is 0 Å². The van der Waals surface area contributed by atoms with Gasteiger partial charge in [0, 0.05) is 32.9 Å². The SMILES string of the molecule is C1=Cc2c(cc(-n3c4ccccc4c4ccc5c(c6ccccc6n5-c5ccc(-c6ccccc6)cc5)c43)cc2-c2ccccc2)CC1. The normalized spacial score (nSPS) is 12.8. The second-order valence-electron chi connectivity index (χ2n) is 12.8. The predicted molar refractivity (Wildman–Crippen MR) is 203 cm³/mol. The maximum atomic E-state index is 2.54. The van der Waals surface area contributed by atoms with Gasteiger partial charge in [-0.05, 0) is 88.7 Å². The molecule has 0 fully saturated rings. The van der Waals surface area contributed by atoms with Gasteiger partial charge in [0.1, 0.15) is 0 Å². The van der Waals surface area contributed by atoms with Gasteiger partial charge >= 0.3 is 0 Å². The molecular weight excluding hydrogens is 581 g/mol. The molecule has 2 aromatic heterocycles. The number of hydrogen-bond acceptors (Lipinski definition) is 0.